The van der Waals surface area contributed by atoms with Crippen LogP contribution in [-0.2, 0) is 9.47 Å². The number of esters is 2. The van der Waals surface area contributed by atoms with E-state index in [9.17, 15) is 14.4 Å². The van der Waals surface area contributed by atoms with E-state index in [1.807, 2.05) is 0 Å². The second kappa shape index (κ2) is 10.3. The molecule has 0 atom stereocenters. The highest BCUT2D eigenvalue weighted by molar-refractivity contribution is 6.07. The number of hydrogen-bond acceptors (Lipinski definition) is 5. The van der Waals surface area contributed by atoms with Crippen LogP contribution in [0.25, 0.3) is 0 Å². The highest BCUT2D eigenvalue weighted by Gasteiger charge is 2.17. The minimum Gasteiger partial charge on any atom is -0.458 e. The Morgan fingerprint density at radius 2 is 1.14 bits per heavy atom. The average molecular weight is 380 g/mol. The molecule has 144 valence electrons. The molecule has 0 unspecified atom stereocenters. The van der Waals surface area contributed by atoms with Crippen molar-refractivity contribution < 1.29 is 23.9 Å². The maximum atomic E-state index is 12.4. The SMILES string of the molecule is C=CCOC(=O)c1ccccc1NC(=O)Nc1ccccc1C(=O)OCC=C. The Bertz CT molecular complexity index is 820. The number of benzene rings is 2. The van der Waals surface area contributed by atoms with Crippen LogP contribution in [-0.4, -0.2) is 31.2 Å². The zero-order valence-corrected chi connectivity index (χ0v) is 15.1. The van der Waals surface area contributed by atoms with Gasteiger partial charge in [-0.3, -0.25) is 0 Å². The Labute approximate surface area is 162 Å². The molecule has 7 heteroatoms. The van der Waals surface area contributed by atoms with Crippen molar-refractivity contribution in [1.29, 1.82) is 0 Å². The molecule has 2 rings (SSSR count). The predicted octanol–water partition coefficient (Wildman–Crippen LogP) is 4.02. The Morgan fingerprint density at radius 1 is 0.750 bits per heavy atom. The summed E-state index contributed by atoms with van der Waals surface area (Å²) >= 11 is 0. The standard InChI is InChI=1S/C21H20N2O5/c1-3-13-27-19(24)15-9-5-7-11-17(15)22-21(26)23-18-12-8-6-10-16(18)20(25)28-14-4-2/h3-12H,1-2,13-14H2,(H2,22,23,26). The fourth-order valence-corrected chi connectivity index (χ4v) is 2.24. The van der Waals surface area contributed by atoms with Crippen molar-refractivity contribution in [3.8, 4) is 0 Å². The maximum Gasteiger partial charge on any atom is 0.340 e. The van der Waals surface area contributed by atoms with E-state index in [2.05, 4.69) is 23.8 Å². The van der Waals surface area contributed by atoms with E-state index in [0.29, 0.717) is 0 Å². The summed E-state index contributed by atoms with van der Waals surface area (Å²) in [6.07, 6.45) is 2.89. The lowest BCUT2D eigenvalue weighted by molar-refractivity contribution is 0.0541. The molecule has 0 aliphatic carbocycles. The van der Waals surface area contributed by atoms with Crippen LogP contribution < -0.4 is 10.6 Å². The number of hydrogen-bond donors (Lipinski definition) is 2. The lowest BCUT2D eigenvalue weighted by Gasteiger charge is -2.13. The van der Waals surface area contributed by atoms with Gasteiger partial charge in [-0.2, -0.15) is 0 Å². The third-order valence-electron chi connectivity index (χ3n) is 3.45. The molecule has 0 spiro atoms. The molecule has 0 fully saturated rings. The molecule has 2 amide bonds. The third-order valence-corrected chi connectivity index (χ3v) is 3.45. The number of carbonyl (C=O) groups is 3. The van der Waals surface area contributed by atoms with Gasteiger partial charge in [0.25, 0.3) is 0 Å². The predicted molar refractivity (Wildman–Crippen MR) is 106 cm³/mol. The fraction of sp³-hybridized carbons (Fsp3) is 0.0952. The zero-order chi connectivity index (χ0) is 20.4. The van der Waals surface area contributed by atoms with Crippen molar-refractivity contribution in [2.24, 2.45) is 0 Å². The van der Waals surface area contributed by atoms with Crippen LogP contribution in [0.5, 0.6) is 0 Å². The van der Waals surface area contributed by atoms with Crippen LogP contribution in [0, 0.1) is 0 Å². The summed E-state index contributed by atoms with van der Waals surface area (Å²) in [7, 11) is 0. The largest absolute Gasteiger partial charge is 0.458 e. The van der Waals surface area contributed by atoms with Gasteiger partial charge in [-0.1, -0.05) is 49.6 Å². The van der Waals surface area contributed by atoms with E-state index in [-0.39, 0.29) is 35.7 Å². The summed E-state index contributed by atoms with van der Waals surface area (Å²) in [6, 6.07) is 12.2. The highest BCUT2D eigenvalue weighted by atomic mass is 16.5. The van der Waals surface area contributed by atoms with Gasteiger partial charge in [0, 0.05) is 0 Å². The molecule has 0 heterocycles. The van der Waals surface area contributed by atoms with Crippen molar-refractivity contribution in [2.75, 3.05) is 23.8 Å². The van der Waals surface area contributed by atoms with Crippen LogP contribution in [0.3, 0.4) is 0 Å². The second-order valence-electron chi connectivity index (χ2n) is 5.44. The molecule has 2 aromatic rings. The molecule has 0 aliphatic rings. The summed E-state index contributed by atoms with van der Waals surface area (Å²) < 4.78 is 10.0. The van der Waals surface area contributed by atoms with Gasteiger partial charge in [0.1, 0.15) is 13.2 Å². The number of anilines is 2. The number of urea groups is 1. The number of ether oxygens (including phenoxy) is 2. The lowest BCUT2D eigenvalue weighted by atomic mass is 10.1. The zero-order valence-electron chi connectivity index (χ0n) is 15.1. The van der Waals surface area contributed by atoms with E-state index in [1.165, 1.54) is 24.3 Å². The van der Waals surface area contributed by atoms with E-state index in [4.69, 9.17) is 9.47 Å². The molecule has 0 radical (unpaired) electrons. The van der Waals surface area contributed by atoms with Gasteiger partial charge in [-0.15, -0.1) is 0 Å². The Balaban J connectivity index is 2.14. The van der Waals surface area contributed by atoms with Crippen LogP contribution in [0.4, 0.5) is 16.2 Å². The first-order valence-corrected chi connectivity index (χ1v) is 8.39. The lowest BCUT2D eigenvalue weighted by Crippen LogP contribution is -2.23. The summed E-state index contributed by atoms with van der Waals surface area (Å²) in [5.41, 5.74) is 0.915. The van der Waals surface area contributed by atoms with E-state index < -0.39 is 18.0 Å². The van der Waals surface area contributed by atoms with E-state index in [1.54, 1.807) is 36.4 Å². The normalized spacial score (nSPS) is 9.71. The maximum absolute atomic E-state index is 12.4. The number of rotatable bonds is 8. The monoisotopic (exact) mass is 380 g/mol. The molecule has 0 bridgehead atoms. The van der Waals surface area contributed by atoms with Gasteiger partial charge in [-0.25, -0.2) is 14.4 Å². The quantitative estimate of drug-likeness (QED) is 0.533. The summed E-state index contributed by atoms with van der Waals surface area (Å²) in [5.74, 6) is -1.19. The van der Waals surface area contributed by atoms with Gasteiger partial charge in [-0.05, 0) is 24.3 Å². The average Bonchev–Trinajstić information content (AvgIpc) is 2.71. The number of carbonyl (C=O) groups excluding carboxylic acids is 3. The Kier molecular flexibility index (Phi) is 7.53. The Morgan fingerprint density at radius 3 is 1.54 bits per heavy atom. The van der Waals surface area contributed by atoms with Crippen LogP contribution in [0.1, 0.15) is 20.7 Å². The van der Waals surface area contributed by atoms with Crippen molar-refractivity contribution in [2.45, 2.75) is 0 Å². The first kappa shape index (κ1) is 20.4. The van der Waals surface area contributed by atoms with E-state index in [0.717, 1.165) is 0 Å². The molecule has 0 aliphatic heterocycles. The van der Waals surface area contributed by atoms with Crippen molar-refractivity contribution in [1.82, 2.24) is 0 Å². The highest BCUT2D eigenvalue weighted by Crippen LogP contribution is 2.19. The minimum absolute atomic E-state index is 0.0551. The molecule has 2 aromatic carbocycles. The van der Waals surface area contributed by atoms with Crippen LogP contribution >= 0.6 is 0 Å². The first-order chi connectivity index (χ1) is 13.6. The van der Waals surface area contributed by atoms with E-state index >= 15 is 0 Å². The van der Waals surface area contributed by atoms with Gasteiger partial charge < -0.3 is 20.1 Å². The van der Waals surface area contributed by atoms with Crippen molar-refractivity contribution in [3.05, 3.63) is 85.0 Å². The second-order valence-corrected chi connectivity index (χ2v) is 5.44. The summed E-state index contributed by atoms with van der Waals surface area (Å²) in [5, 5.41) is 5.16. The smallest absolute Gasteiger partial charge is 0.340 e. The fourth-order valence-electron chi connectivity index (χ4n) is 2.24. The molecular weight excluding hydrogens is 360 g/mol. The topological polar surface area (TPSA) is 93.7 Å². The number of amides is 2. The third kappa shape index (κ3) is 5.57. The summed E-state index contributed by atoms with van der Waals surface area (Å²) in [6.45, 7) is 7.08. The van der Waals surface area contributed by atoms with Gasteiger partial charge >= 0.3 is 18.0 Å². The molecule has 0 aromatic heterocycles. The van der Waals surface area contributed by atoms with Crippen LogP contribution in [0.15, 0.2) is 73.8 Å². The van der Waals surface area contributed by atoms with Crippen LogP contribution in [0.2, 0.25) is 0 Å². The molecule has 0 saturated carbocycles. The van der Waals surface area contributed by atoms with Gasteiger partial charge in [0.15, 0.2) is 0 Å². The van der Waals surface area contributed by atoms with Gasteiger partial charge in [0.05, 0.1) is 22.5 Å². The van der Waals surface area contributed by atoms with Crippen molar-refractivity contribution >= 4 is 29.3 Å². The molecule has 28 heavy (non-hydrogen) atoms. The van der Waals surface area contributed by atoms with Crippen molar-refractivity contribution in [3.63, 3.8) is 0 Å². The molecular formula is C21H20N2O5. The first-order valence-electron chi connectivity index (χ1n) is 8.39. The van der Waals surface area contributed by atoms with Gasteiger partial charge in [0.2, 0.25) is 0 Å². The summed E-state index contributed by atoms with van der Waals surface area (Å²) in [4.78, 5) is 36.6. The minimum atomic E-state index is -0.632. The number of nitrogens with one attached hydrogen (secondary N) is 2. The molecule has 7 nitrogen and oxygen atoms in total. The molecule has 0 saturated heterocycles. The molecule has 2 N–H and O–H groups in total. The Hall–Kier alpha value is -3.87. The number of para-hydroxylation sites is 2.